The van der Waals surface area contributed by atoms with Crippen LogP contribution in [0, 0.1) is 122 Å². The average Bonchev–Trinajstić information content (AvgIpc) is 1.57. The number of carbonyl (C=O) groups excluding carboxylic acids is 12. The summed E-state index contributed by atoms with van der Waals surface area (Å²) in [5, 5.41) is 10.6. The van der Waals surface area contributed by atoms with Crippen LogP contribution in [0.3, 0.4) is 0 Å². The Morgan fingerprint density at radius 1 is 0.482 bits per heavy atom. The second-order valence-electron chi connectivity index (χ2n) is 44.7. The van der Waals surface area contributed by atoms with Gasteiger partial charge in [-0.2, -0.15) is 0 Å². The number of rotatable bonds is 27. The summed E-state index contributed by atoms with van der Waals surface area (Å²) in [7, 11) is -2.67. The summed E-state index contributed by atoms with van der Waals surface area (Å²) in [5.41, 5.74) is -4.09. The van der Waals surface area contributed by atoms with Crippen molar-refractivity contribution in [1.29, 1.82) is 0 Å². The zero-order valence-electron chi connectivity index (χ0n) is 83.9. The number of benzene rings is 3. The minimum absolute atomic E-state index is 0. The maximum absolute atomic E-state index is 13.2. The maximum Gasteiger partial charge on any atom is 0.344 e. The standard InChI is InChI=1S/C24H34O8.C20H32O2.C18H24O8.C18H15S.C16H26O3.C10H16O4.CH4O3S.4CH4/c1-5-23(3,4)22(28)29-12-15(25)30-18-14-11-13-16(20(26)31-19(13)18)17(14)21(27)32-24(6-2)9-7-8-10-24;1-5-19(3,4)18(21)22-20(6-2)11-14-10-15(20)17-13-8-7-12(9-13)16(14)17;1-5-18(2,3)17(22)24-7-10(19)25-13-8-6-9-12(11(8)15(20)23-4)16(21)26-14(9)13;1-4-10-16(11-5-1)19(17-12-6-2-7-13-17)18-14-8-3-9-15-18;1-4-14(2,3)13(17)19-16-8-11-5-12(9-16)7-15(18,6-11)10-16;1-4-10(2,3)9(12)14-7-5-8(11)13-6-7;1-5(2,3)4;;;;/h13-14,16-19H,5-12H2,1-4H3;12-17H,5-11H2,1-4H3;8-9,11-14H,5-7H2,1-4H3;1-15H;11-12,18H,4-10H2,1-3H3;7H,4-6H2,1-3H3;1H3,(H,2,3,4);4*1H4/q;;;+1;;;;;;;/p-1. The Labute approximate surface area is 841 Å². The van der Waals surface area contributed by atoms with Crippen LogP contribution in [0.1, 0.15) is 308 Å². The van der Waals surface area contributed by atoms with Crippen LogP contribution in [0.5, 0.6) is 0 Å². The Bertz CT molecular complexity index is 4810. The molecule has 13 aliphatic carbocycles. The van der Waals surface area contributed by atoms with Gasteiger partial charge in [-0.3, -0.25) is 47.9 Å². The van der Waals surface area contributed by atoms with Gasteiger partial charge in [0.25, 0.3) is 0 Å². The Morgan fingerprint density at radius 3 is 1.28 bits per heavy atom. The number of methoxy groups -OCH3 is 1. The summed E-state index contributed by atoms with van der Waals surface area (Å²) in [6, 6.07) is 32.2. The van der Waals surface area contributed by atoms with E-state index in [-0.39, 0.29) is 130 Å². The van der Waals surface area contributed by atoms with Crippen molar-refractivity contribution >= 4 is 92.6 Å². The number of ether oxygens (including phenoxy) is 12. The lowest BCUT2D eigenvalue weighted by Crippen LogP contribution is -2.61. The van der Waals surface area contributed by atoms with Gasteiger partial charge in [-0.15, -0.1) is 0 Å². The lowest BCUT2D eigenvalue weighted by Gasteiger charge is -2.59. The fourth-order valence-corrected chi connectivity index (χ4v) is 26.9. The molecule has 0 amide bonds. The Balaban J connectivity index is 0.000000207. The highest BCUT2D eigenvalue weighted by molar-refractivity contribution is 7.97. The largest absolute Gasteiger partial charge is 0.748 e. The van der Waals surface area contributed by atoms with Crippen molar-refractivity contribution in [3.05, 3.63) is 91.0 Å². The Kier molecular flexibility index (Phi) is 39.5. The zero-order valence-corrected chi connectivity index (χ0v) is 85.5. The van der Waals surface area contributed by atoms with Gasteiger partial charge < -0.3 is 66.5 Å². The lowest BCUT2D eigenvalue weighted by molar-refractivity contribution is -0.225. The van der Waals surface area contributed by atoms with Gasteiger partial charge in [-0.25, -0.2) is 18.0 Å². The molecule has 3 aromatic rings. The fraction of sp³-hybridized carbons (Fsp3) is 0.730. The summed E-state index contributed by atoms with van der Waals surface area (Å²) in [5.74, 6) is -1.48. The van der Waals surface area contributed by atoms with Crippen LogP contribution in [0.2, 0.25) is 0 Å². The van der Waals surface area contributed by atoms with Crippen LogP contribution in [0.25, 0.3) is 0 Å². The Hall–Kier alpha value is -8.48. The first kappa shape index (κ1) is 118. The first-order chi connectivity index (χ1) is 64.4. The first-order valence-corrected chi connectivity index (χ1v) is 53.3. The SMILES string of the molecule is C.C.C.C.CCC(C)(C)C(=O)OC1(CC)CC2CC1C1C3CCC(C3)C21.CCC(C)(C)C(=O)OC12CC3CC(CC(O)(C3)C1)C2.CCC(C)(C)C(=O)OC1COC(=O)C1.CCC(C)(C)C(=O)OCC(=O)OC1C2CC3C1OC(=O)C3C2C(=O)OC.CCC1(OC(=O)C2C3CC4C(OC(=O)C42)C3OC(=O)COC(=O)C(C)(C)CC)CCCC1.CS(=O)(=O)[O-].c1ccc([S+](c2ccccc2)c2ccccc2)cc1. The summed E-state index contributed by atoms with van der Waals surface area (Å²) < 4.78 is 92.3. The minimum atomic E-state index is -3.92. The molecule has 16 fully saturated rings. The highest BCUT2D eigenvalue weighted by Gasteiger charge is 2.73. The molecule has 3 heterocycles. The molecule has 3 aliphatic heterocycles. The van der Waals surface area contributed by atoms with E-state index in [9.17, 15) is 62.6 Å². The van der Waals surface area contributed by atoms with E-state index in [1.165, 1.54) is 53.9 Å². The molecular weight excluding hydrogens is 1850 g/mol. The number of hydrogen-bond donors (Lipinski definition) is 1. The normalized spacial score (nSPS) is 31.7. The molecule has 1 N–H and O–H groups in total. The molecule has 22 atom stereocenters. The molecule has 16 aliphatic rings. The molecule has 0 aromatic heterocycles. The van der Waals surface area contributed by atoms with Crippen molar-refractivity contribution in [3.63, 3.8) is 0 Å². The van der Waals surface area contributed by atoms with Gasteiger partial charge in [0, 0.05) is 42.3 Å². The molecule has 0 spiro atoms. The second-order valence-corrected chi connectivity index (χ2v) is 48.1. The van der Waals surface area contributed by atoms with Crippen molar-refractivity contribution in [2.45, 2.75) is 376 Å². The molecule has 13 saturated carbocycles. The van der Waals surface area contributed by atoms with Gasteiger partial charge in [-0.05, 0) is 295 Å². The van der Waals surface area contributed by atoms with E-state index >= 15 is 0 Å². The third kappa shape index (κ3) is 26.3. The molecule has 3 aromatic carbocycles. The molecule has 22 unspecified atom stereocenters. The molecule has 19 rings (SSSR count). The van der Waals surface area contributed by atoms with Crippen LogP contribution in [0.4, 0.5) is 0 Å². The summed E-state index contributed by atoms with van der Waals surface area (Å²) >= 11 is 0. The topological polar surface area (TPSA) is 393 Å². The van der Waals surface area contributed by atoms with E-state index in [1.54, 1.807) is 27.7 Å². The number of esters is 12. The van der Waals surface area contributed by atoms with Crippen LogP contribution in [0.15, 0.2) is 106 Å². The van der Waals surface area contributed by atoms with Gasteiger partial charge >= 0.3 is 71.6 Å². The molecule has 30 heteroatoms. The van der Waals surface area contributed by atoms with Gasteiger partial charge in [0.05, 0.1) is 90.9 Å². The number of hydrogen-bond acceptors (Lipinski definition) is 28. The molecule has 3 saturated heterocycles. The van der Waals surface area contributed by atoms with Crippen LogP contribution in [-0.4, -0.2) is 176 Å². The quantitative estimate of drug-likeness (QED) is 0.0243. The molecular formula is C111H166O28S2. The third-order valence-electron chi connectivity index (χ3n) is 33.8. The molecule has 790 valence electrons. The number of aliphatic hydroxyl groups is 1. The fourth-order valence-electron chi connectivity index (χ4n) is 24.8. The van der Waals surface area contributed by atoms with Crippen LogP contribution >= 0.6 is 0 Å². The molecule has 12 bridgehead atoms. The first-order valence-electron chi connectivity index (χ1n) is 50.2. The lowest BCUT2D eigenvalue weighted by atomic mass is 9.52. The van der Waals surface area contributed by atoms with E-state index in [2.05, 4.69) is 105 Å². The van der Waals surface area contributed by atoms with E-state index in [0.717, 1.165) is 113 Å². The monoisotopic (exact) mass is 2010 g/mol. The number of fused-ring (bicyclic) bond motifs is 11. The van der Waals surface area contributed by atoms with Gasteiger partial charge in [0.1, 0.15) is 53.9 Å². The van der Waals surface area contributed by atoms with E-state index in [4.69, 9.17) is 69.8 Å². The van der Waals surface area contributed by atoms with Crippen molar-refractivity contribution in [1.82, 2.24) is 0 Å². The molecule has 0 radical (unpaired) electrons. The number of cyclic esters (lactones) is 1. The zero-order chi connectivity index (χ0) is 100. The van der Waals surface area contributed by atoms with E-state index < -0.39 is 146 Å². The highest BCUT2D eigenvalue weighted by atomic mass is 32.2. The van der Waals surface area contributed by atoms with E-state index in [1.807, 2.05) is 76.2 Å². The number of carbonyl (C=O) groups is 12. The average molecular weight is 2010 g/mol. The highest BCUT2D eigenvalue weighted by Crippen LogP contribution is 2.71. The second kappa shape index (κ2) is 47.4. The predicted molar refractivity (Wildman–Crippen MR) is 530 cm³/mol. The van der Waals surface area contributed by atoms with Crippen LogP contribution < -0.4 is 0 Å². The predicted octanol–water partition coefficient (Wildman–Crippen LogP) is 19.4. The van der Waals surface area contributed by atoms with Crippen molar-refractivity contribution in [2.24, 2.45) is 122 Å². The summed E-state index contributed by atoms with van der Waals surface area (Å²) in [6.07, 6.45) is 20.6. The van der Waals surface area contributed by atoms with Crippen molar-refractivity contribution in [3.8, 4) is 0 Å². The van der Waals surface area contributed by atoms with Crippen molar-refractivity contribution in [2.75, 3.05) is 33.2 Å². The molecule has 28 nitrogen and oxygen atoms in total. The Morgan fingerprint density at radius 2 is 0.887 bits per heavy atom. The van der Waals surface area contributed by atoms with E-state index in [0.29, 0.717) is 62.5 Å². The van der Waals surface area contributed by atoms with Gasteiger partial charge in [0.2, 0.25) is 0 Å². The maximum atomic E-state index is 13.2. The molecule has 141 heavy (non-hydrogen) atoms. The van der Waals surface area contributed by atoms with Crippen molar-refractivity contribution < 1.29 is 132 Å². The van der Waals surface area contributed by atoms with Gasteiger partial charge in [0.15, 0.2) is 27.9 Å². The summed E-state index contributed by atoms with van der Waals surface area (Å²) in [6.45, 7) is 31.8. The third-order valence-corrected chi connectivity index (χ3v) is 36.0. The van der Waals surface area contributed by atoms with Crippen LogP contribution in [-0.2, 0) is 135 Å². The smallest absolute Gasteiger partial charge is 0.344 e. The minimum Gasteiger partial charge on any atom is -0.748 e. The van der Waals surface area contributed by atoms with Gasteiger partial charge in [-0.1, -0.05) is 133 Å². The summed E-state index contributed by atoms with van der Waals surface area (Å²) in [4.78, 5) is 150.